The number of sulfonamides is 1. The highest BCUT2D eigenvalue weighted by molar-refractivity contribution is 7.89. The van der Waals surface area contributed by atoms with Crippen LogP contribution < -0.4 is 15.4 Å². The number of H-pyrrole nitrogens is 1. The molecule has 5 rings (SSSR count). The first-order valence-corrected chi connectivity index (χ1v) is 13.3. The summed E-state index contributed by atoms with van der Waals surface area (Å²) in [6.07, 6.45) is 0. The van der Waals surface area contributed by atoms with Crippen molar-refractivity contribution in [2.75, 3.05) is 7.11 Å². The van der Waals surface area contributed by atoms with Crippen molar-refractivity contribution < 1.29 is 13.2 Å². The maximum absolute atomic E-state index is 13.4. The fraction of sp³-hybridized carbons (Fsp3) is 0.0400. The molecule has 3 aromatic carbocycles. The van der Waals surface area contributed by atoms with Gasteiger partial charge < -0.3 is 4.74 Å². The van der Waals surface area contributed by atoms with Crippen LogP contribution in [0, 0.1) is 0 Å². The fourth-order valence-corrected chi connectivity index (χ4v) is 4.84. The lowest BCUT2D eigenvalue weighted by Gasteiger charge is -2.00. The summed E-state index contributed by atoms with van der Waals surface area (Å²) in [7, 11) is -2.22. The van der Waals surface area contributed by atoms with Crippen LogP contribution in [0.5, 0.6) is 5.75 Å². The average Bonchev–Trinajstić information content (AvgIpc) is 3.52. The van der Waals surface area contributed by atoms with Crippen molar-refractivity contribution in [2.24, 2.45) is 15.4 Å². The summed E-state index contributed by atoms with van der Waals surface area (Å²) in [4.78, 5) is 18.0. The number of ether oxygens (including phenoxy) is 1. The van der Waals surface area contributed by atoms with Crippen LogP contribution in [0.25, 0.3) is 27.6 Å². The van der Waals surface area contributed by atoms with E-state index in [0.717, 1.165) is 16.9 Å². The maximum atomic E-state index is 13.4. The van der Waals surface area contributed by atoms with Gasteiger partial charge in [-0.15, -0.1) is 16.5 Å². The first-order chi connectivity index (χ1) is 17.8. The van der Waals surface area contributed by atoms with E-state index in [-0.39, 0.29) is 10.6 Å². The van der Waals surface area contributed by atoms with E-state index >= 15 is 0 Å². The summed E-state index contributed by atoms with van der Waals surface area (Å²) < 4.78 is 29.5. The molecular weight excluding hydrogens is 512 g/mol. The van der Waals surface area contributed by atoms with Gasteiger partial charge in [0.1, 0.15) is 5.75 Å². The van der Waals surface area contributed by atoms with Gasteiger partial charge in [0, 0.05) is 16.5 Å². The second-order valence-corrected chi connectivity index (χ2v) is 10.2. The predicted octanol–water partition coefficient (Wildman–Crippen LogP) is 5.03. The Balaban J connectivity index is 1.54. The minimum Gasteiger partial charge on any atom is -0.497 e. The van der Waals surface area contributed by atoms with Gasteiger partial charge in [0.2, 0.25) is 15.2 Å². The van der Waals surface area contributed by atoms with Crippen molar-refractivity contribution in [2.45, 2.75) is 4.90 Å². The summed E-state index contributed by atoms with van der Waals surface area (Å²) in [5.41, 5.74) is 2.81. The van der Waals surface area contributed by atoms with E-state index in [2.05, 4.69) is 20.3 Å². The molecule has 12 heteroatoms. The van der Waals surface area contributed by atoms with Gasteiger partial charge in [-0.05, 0) is 48.5 Å². The van der Waals surface area contributed by atoms with E-state index in [1.807, 2.05) is 60.0 Å². The third-order valence-electron chi connectivity index (χ3n) is 5.43. The van der Waals surface area contributed by atoms with E-state index in [9.17, 15) is 13.2 Å². The van der Waals surface area contributed by atoms with Crippen LogP contribution in [0.4, 0.5) is 11.4 Å². The Morgan fingerprint density at radius 3 is 2.30 bits per heavy atom. The number of nitrogens with two attached hydrogens (primary N) is 1. The van der Waals surface area contributed by atoms with Crippen molar-refractivity contribution in [3.63, 3.8) is 0 Å². The number of hydrogen-bond donors (Lipinski definition) is 2. The predicted molar refractivity (Wildman–Crippen MR) is 141 cm³/mol. The third kappa shape index (κ3) is 5.11. The lowest BCUT2D eigenvalue weighted by molar-refractivity contribution is 0.415. The molecule has 0 unspecified atom stereocenters. The van der Waals surface area contributed by atoms with Gasteiger partial charge >= 0.3 is 5.56 Å². The number of methoxy groups -OCH3 is 1. The maximum Gasteiger partial charge on any atom is 0.301 e. The quantitative estimate of drug-likeness (QED) is 0.283. The Labute approximate surface area is 215 Å². The first kappa shape index (κ1) is 24.3. The minimum atomic E-state index is -3.83. The highest BCUT2D eigenvalue weighted by Crippen LogP contribution is 2.30. The molecule has 0 saturated heterocycles. The molecule has 0 spiro atoms. The van der Waals surface area contributed by atoms with Crippen molar-refractivity contribution in [1.29, 1.82) is 0 Å². The van der Waals surface area contributed by atoms with E-state index in [0.29, 0.717) is 22.2 Å². The molecule has 10 nitrogen and oxygen atoms in total. The molecule has 186 valence electrons. The Morgan fingerprint density at radius 1 is 0.946 bits per heavy atom. The van der Waals surface area contributed by atoms with Gasteiger partial charge in [0.25, 0.3) is 0 Å². The number of aromatic amines is 1. The molecule has 2 aromatic heterocycles. The molecule has 0 aliphatic heterocycles. The number of nitrogens with one attached hydrogen (secondary N) is 1. The van der Waals surface area contributed by atoms with E-state index in [4.69, 9.17) is 9.88 Å². The van der Waals surface area contributed by atoms with Crippen molar-refractivity contribution >= 4 is 32.7 Å². The monoisotopic (exact) mass is 532 g/mol. The number of aromatic nitrogens is 3. The highest BCUT2D eigenvalue weighted by Gasteiger charge is 2.19. The summed E-state index contributed by atoms with van der Waals surface area (Å²) in [6, 6.07) is 22.3. The number of rotatable bonds is 7. The molecule has 0 atom stereocenters. The second-order valence-electron chi connectivity index (χ2n) is 7.82. The smallest absolute Gasteiger partial charge is 0.301 e. The summed E-state index contributed by atoms with van der Waals surface area (Å²) in [5.74, 6) is 0.738. The zero-order valence-corrected chi connectivity index (χ0v) is 21.0. The number of primary sulfonamides is 1. The molecule has 3 N–H and O–H groups in total. The van der Waals surface area contributed by atoms with Gasteiger partial charge in [0.15, 0.2) is 5.69 Å². The molecule has 0 radical (unpaired) electrons. The number of hydrogen-bond acceptors (Lipinski definition) is 8. The molecule has 2 heterocycles. The van der Waals surface area contributed by atoms with Crippen LogP contribution >= 0.6 is 11.3 Å². The normalized spacial score (nSPS) is 11.7. The van der Waals surface area contributed by atoms with Crippen molar-refractivity contribution in [3.05, 3.63) is 94.6 Å². The van der Waals surface area contributed by atoms with Crippen LogP contribution in [-0.4, -0.2) is 30.3 Å². The van der Waals surface area contributed by atoms with Crippen LogP contribution in [0.15, 0.2) is 104 Å². The van der Waals surface area contributed by atoms with Gasteiger partial charge in [-0.25, -0.2) is 18.5 Å². The Morgan fingerprint density at radius 2 is 1.65 bits per heavy atom. The molecule has 5 aromatic rings. The Hall–Kier alpha value is -4.39. The van der Waals surface area contributed by atoms with Crippen LogP contribution in [0.3, 0.4) is 0 Å². The molecule has 0 aliphatic carbocycles. The summed E-state index contributed by atoms with van der Waals surface area (Å²) in [6.45, 7) is 0. The number of azo groups is 1. The van der Waals surface area contributed by atoms with Crippen LogP contribution in [-0.2, 0) is 10.0 Å². The Kier molecular flexibility index (Phi) is 6.53. The number of benzene rings is 3. The van der Waals surface area contributed by atoms with Crippen LogP contribution in [0.1, 0.15) is 0 Å². The second kappa shape index (κ2) is 9.93. The SMILES string of the molecule is COc1ccc(-c2csc(-n3[nH]c(-c4ccccc4)c(N=Nc4ccc(S(N)(=O)=O)cc4)c3=O)n2)cc1. The largest absolute Gasteiger partial charge is 0.497 e. The molecule has 37 heavy (non-hydrogen) atoms. The van der Waals surface area contributed by atoms with E-state index < -0.39 is 15.6 Å². The van der Waals surface area contributed by atoms with Crippen molar-refractivity contribution in [3.8, 4) is 33.4 Å². The van der Waals surface area contributed by atoms with Crippen LogP contribution in [0.2, 0.25) is 0 Å². The van der Waals surface area contributed by atoms with Gasteiger partial charge in [-0.2, -0.15) is 9.80 Å². The standard InChI is InChI=1S/C25H20N6O4S2/c1-35-19-11-7-16(8-12-19)21-15-36-25(27-21)31-24(32)23(22(30-31)17-5-3-2-4-6-17)29-28-18-9-13-20(14-10-18)37(26,33)34/h2-15,30H,1H3,(H2,26,33,34). The molecule has 0 aliphatic rings. The number of nitrogens with zero attached hydrogens (tertiary/aromatic N) is 4. The molecule has 0 saturated carbocycles. The first-order valence-electron chi connectivity index (χ1n) is 10.9. The lowest BCUT2D eigenvalue weighted by atomic mass is 10.1. The van der Waals surface area contributed by atoms with Crippen molar-refractivity contribution in [1.82, 2.24) is 14.8 Å². The molecule has 0 amide bonds. The molecule has 0 fully saturated rings. The van der Waals surface area contributed by atoms with Gasteiger partial charge in [-0.1, -0.05) is 30.3 Å². The Bertz CT molecular complexity index is 1740. The summed E-state index contributed by atoms with van der Waals surface area (Å²) >= 11 is 1.31. The summed E-state index contributed by atoms with van der Waals surface area (Å²) in [5, 5.41) is 18.9. The van der Waals surface area contributed by atoms with Gasteiger partial charge in [-0.3, -0.25) is 9.89 Å². The average molecular weight is 533 g/mol. The molecular formula is C25H20N6O4S2. The fourth-order valence-electron chi connectivity index (χ4n) is 3.53. The minimum absolute atomic E-state index is 0.0446. The topological polar surface area (TPSA) is 145 Å². The lowest BCUT2D eigenvalue weighted by Crippen LogP contribution is -2.13. The third-order valence-corrected chi connectivity index (χ3v) is 7.18. The molecule has 0 bridgehead atoms. The van der Waals surface area contributed by atoms with Gasteiger partial charge in [0.05, 0.1) is 29.1 Å². The zero-order valence-electron chi connectivity index (χ0n) is 19.4. The number of thiazole rings is 1. The zero-order chi connectivity index (χ0) is 26.0. The highest BCUT2D eigenvalue weighted by atomic mass is 32.2. The van der Waals surface area contributed by atoms with E-state index in [1.165, 1.54) is 40.3 Å². The van der Waals surface area contributed by atoms with E-state index in [1.54, 1.807) is 7.11 Å².